The van der Waals surface area contributed by atoms with E-state index in [9.17, 15) is 28.0 Å². The molecule has 0 radical (unpaired) electrons. The molecule has 15 heteroatoms. The molecule has 3 heterocycles. The average molecular weight is 651 g/mol. The van der Waals surface area contributed by atoms with E-state index in [2.05, 4.69) is 0 Å². The summed E-state index contributed by atoms with van der Waals surface area (Å²) in [5, 5.41) is 0.363. The molecular formula is C26H21Cl4F2N3O6. The van der Waals surface area contributed by atoms with Gasteiger partial charge in [-0.05, 0) is 36.8 Å². The average Bonchev–Trinajstić information content (AvgIpc) is 3.42. The molecule has 2 saturated heterocycles. The van der Waals surface area contributed by atoms with Crippen LogP contribution in [0.4, 0.5) is 25.0 Å². The molecule has 5 rings (SSSR count). The number of hydrogen-bond donors (Lipinski definition) is 0. The molecule has 2 fully saturated rings. The lowest BCUT2D eigenvalue weighted by atomic mass is 9.78. The molecule has 0 N–H and O–H groups in total. The van der Waals surface area contributed by atoms with E-state index >= 15 is 0 Å². The van der Waals surface area contributed by atoms with Crippen LogP contribution in [0, 0.1) is 5.92 Å². The highest BCUT2D eigenvalue weighted by atomic mass is 35.5. The number of benzene rings is 2. The van der Waals surface area contributed by atoms with Crippen LogP contribution in [0.25, 0.3) is 0 Å². The number of alkyl halides is 2. The fraction of sp³-hybridized carbons (Fsp3) is 0.385. The van der Waals surface area contributed by atoms with Gasteiger partial charge in [0.15, 0.2) is 0 Å². The number of esters is 2. The summed E-state index contributed by atoms with van der Waals surface area (Å²) in [6.07, 6.45) is -0.834. The van der Waals surface area contributed by atoms with Crippen molar-refractivity contribution in [3.05, 3.63) is 56.0 Å². The molecule has 3 aliphatic rings. The van der Waals surface area contributed by atoms with Crippen molar-refractivity contribution < 1.29 is 37.4 Å². The van der Waals surface area contributed by atoms with Crippen LogP contribution in [0.1, 0.15) is 25.3 Å². The van der Waals surface area contributed by atoms with Crippen molar-refractivity contribution in [2.24, 2.45) is 5.92 Å². The van der Waals surface area contributed by atoms with Crippen LogP contribution in [-0.4, -0.2) is 61.1 Å². The molecule has 0 aromatic heterocycles. The molecule has 3 atom stereocenters. The second-order valence-corrected chi connectivity index (χ2v) is 11.7. The van der Waals surface area contributed by atoms with Gasteiger partial charge in [-0.15, -0.1) is 0 Å². The van der Waals surface area contributed by atoms with Gasteiger partial charge in [0.05, 0.1) is 23.2 Å². The Morgan fingerprint density at radius 3 is 2.29 bits per heavy atom. The minimum atomic E-state index is -3.18. The highest BCUT2D eigenvalue weighted by Crippen LogP contribution is 2.61. The normalized spacial score (nSPS) is 24.4. The number of anilines is 2. The molecule has 0 aliphatic carbocycles. The van der Waals surface area contributed by atoms with Crippen LogP contribution in [0.3, 0.4) is 0 Å². The number of rotatable bonds is 4. The first-order valence-corrected chi connectivity index (χ1v) is 13.7. The molecule has 3 aliphatic heterocycles. The SMILES string of the molecule is CC(=O)OCOC(=O)[C@H]1C[C@@H]2CC(F)(F)CN2[C@]12C(=O)N(C(=O)N(C)c1cc(Cl)cc(Cl)c1)c1c(Cl)cc(Cl)cc12. The molecule has 0 bridgehead atoms. The maximum absolute atomic E-state index is 14.8. The molecule has 41 heavy (non-hydrogen) atoms. The van der Waals surface area contributed by atoms with E-state index < -0.39 is 67.1 Å². The van der Waals surface area contributed by atoms with Gasteiger partial charge in [0, 0.05) is 52.8 Å². The Morgan fingerprint density at radius 1 is 1.02 bits per heavy atom. The van der Waals surface area contributed by atoms with Crippen molar-refractivity contribution in [2.45, 2.75) is 37.3 Å². The predicted molar refractivity (Wildman–Crippen MR) is 147 cm³/mol. The van der Waals surface area contributed by atoms with Gasteiger partial charge < -0.3 is 9.47 Å². The molecule has 0 unspecified atom stereocenters. The number of halogens is 6. The van der Waals surface area contributed by atoms with Crippen LogP contribution in [0.5, 0.6) is 0 Å². The topological polar surface area (TPSA) is 96.5 Å². The third-order valence-corrected chi connectivity index (χ3v) is 8.44. The van der Waals surface area contributed by atoms with E-state index in [4.69, 9.17) is 55.9 Å². The van der Waals surface area contributed by atoms with Crippen molar-refractivity contribution in [3.8, 4) is 0 Å². The van der Waals surface area contributed by atoms with Crippen molar-refractivity contribution in [2.75, 3.05) is 30.2 Å². The maximum Gasteiger partial charge on any atom is 0.335 e. The summed E-state index contributed by atoms with van der Waals surface area (Å²) >= 11 is 25.1. The summed E-state index contributed by atoms with van der Waals surface area (Å²) in [7, 11) is 1.36. The van der Waals surface area contributed by atoms with Crippen molar-refractivity contribution in [1.82, 2.24) is 4.90 Å². The number of amides is 3. The number of imide groups is 1. The first-order chi connectivity index (χ1) is 19.2. The zero-order valence-electron chi connectivity index (χ0n) is 21.4. The number of carbonyl (C=O) groups is 4. The molecule has 0 saturated carbocycles. The first-order valence-electron chi connectivity index (χ1n) is 12.2. The van der Waals surface area contributed by atoms with Gasteiger partial charge in [0.1, 0.15) is 5.54 Å². The van der Waals surface area contributed by atoms with Crippen molar-refractivity contribution in [1.29, 1.82) is 0 Å². The molecule has 9 nitrogen and oxygen atoms in total. The summed E-state index contributed by atoms with van der Waals surface area (Å²) in [5.74, 6) is -7.25. The van der Waals surface area contributed by atoms with Crippen LogP contribution >= 0.6 is 46.4 Å². The number of fused-ring (bicyclic) bond motifs is 4. The smallest absolute Gasteiger partial charge is 0.335 e. The van der Waals surface area contributed by atoms with Gasteiger partial charge in [-0.1, -0.05) is 46.4 Å². The van der Waals surface area contributed by atoms with Gasteiger partial charge in [-0.2, -0.15) is 0 Å². The minimum absolute atomic E-state index is 0.000475. The molecule has 2 aromatic carbocycles. The van der Waals surface area contributed by atoms with Crippen LogP contribution in [0.2, 0.25) is 20.1 Å². The van der Waals surface area contributed by atoms with Gasteiger partial charge >= 0.3 is 18.0 Å². The third-order valence-electron chi connectivity index (χ3n) is 7.49. The van der Waals surface area contributed by atoms with Gasteiger partial charge in [-0.25, -0.2) is 18.5 Å². The van der Waals surface area contributed by atoms with E-state index in [-0.39, 0.29) is 43.4 Å². The van der Waals surface area contributed by atoms with E-state index in [1.165, 1.54) is 42.3 Å². The Labute approximate surface area is 252 Å². The summed E-state index contributed by atoms with van der Waals surface area (Å²) in [5.41, 5.74) is -2.01. The third kappa shape index (κ3) is 4.91. The molecule has 3 amide bonds. The molecule has 2 aromatic rings. The Hall–Kier alpha value is -2.70. The fourth-order valence-corrected chi connectivity index (χ4v) is 7.06. The second-order valence-electron chi connectivity index (χ2n) is 10.0. The summed E-state index contributed by atoms with van der Waals surface area (Å²) in [6, 6.07) is 5.11. The maximum atomic E-state index is 14.8. The highest BCUT2D eigenvalue weighted by molar-refractivity contribution is 6.40. The number of hydrogen-bond acceptors (Lipinski definition) is 7. The lowest BCUT2D eigenvalue weighted by molar-refractivity contribution is -0.172. The van der Waals surface area contributed by atoms with Crippen LogP contribution in [0.15, 0.2) is 30.3 Å². The summed E-state index contributed by atoms with van der Waals surface area (Å²) in [6.45, 7) is -0.515. The first kappa shape index (κ1) is 29.8. The zero-order valence-corrected chi connectivity index (χ0v) is 24.5. The van der Waals surface area contributed by atoms with Gasteiger partial charge in [0.2, 0.25) is 6.79 Å². The predicted octanol–water partition coefficient (Wildman–Crippen LogP) is 5.89. The highest BCUT2D eigenvalue weighted by Gasteiger charge is 2.72. The molecular weight excluding hydrogens is 630 g/mol. The van der Waals surface area contributed by atoms with Gasteiger partial charge in [-0.3, -0.25) is 24.2 Å². The lowest BCUT2D eigenvalue weighted by Crippen LogP contribution is -2.57. The largest absolute Gasteiger partial charge is 0.428 e. The minimum Gasteiger partial charge on any atom is -0.428 e. The second kappa shape index (κ2) is 10.5. The van der Waals surface area contributed by atoms with E-state index in [1.54, 1.807) is 0 Å². The quantitative estimate of drug-likeness (QED) is 0.301. The van der Waals surface area contributed by atoms with Crippen molar-refractivity contribution in [3.63, 3.8) is 0 Å². The Kier molecular flexibility index (Phi) is 7.65. The Morgan fingerprint density at radius 2 is 1.66 bits per heavy atom. The van der Waals surface area contributed by atoms with E-state index in [1.807, 2.05) is 0 Å². The fourth-order valence-electron chi connectivity index (χ4n) is 5.96. The molecule has 218 valence electrons. The molecule has 1 spiro atoms. The Balaban J connectivity index is 1.66. The van der Waals surface area contributed by atoms with Crippen LogP contribution in [-0.2, 0) is 29.4 Å². The van der Waals surface area contributed by atoms with Crippen molar-refractivity contribution >= 4 is 81.7 Å². The Bertz CT molecular complexity index is 1470. The number of ether oxygens (including phenoxy) is 2. The monoisotopic (exact) mass is 649 g/mol. The standard InChI is InChI=1S/C26H21Cl4F2N3O6/c1-12(36)40-11-41-22(37)19-8-17-9-25(31,32)10-34(17)26(19)18-6-15(29)7-20(30)21(18)35(23(26)38)24(39)33(2)16-4-13(27)3-14(28)5-16/h3-7,17,19H,8-11H2,1-2H3/t17-,19-,26+/m1/s1. The summed E-state index contributed by atoms with van der Waals surface area (Å²) < 4.78 is 39.4. The number of carbonyl (C=O) groups excluding carboxylic acids is 4. The summed E-state index contributed by atoms with van der Waals surface area (Å²) in [4.78, 5) is 56.2. The van der Waals surface area contributed by atoms with Crippen LogP contribution < -0.4 is 9.80 Å². The van der Waals surface area contributed by atoms with E-state index in [0.29, 0.717) is 0 Å². The van der Waals surface area contributed by atoms with Gasteiger partial charge in [0.25, 0.3) is 11.8 Å². The zero-order chi connectivity index (χ0) is 30.0. The number of urea groups is 1. The lowest BCUT2D eigenvalue weighted by Gasteiger charge is -2.37. The number of nitrogens with zero attached hydrogens (tertiary/aromatic N) is 3. The van der Waals surface area contributed by atoms with E-state index in [0.717, 1.165) is 16.7 Å².